The van der Waals surface area contributed by atoms with Crippen LogP contribution in [0.4, 0.5) is 0 Å². The van der Waals surface area contributed by atoms with Gasteiger partial charge in [0.25, 0.3) is 11.5 Å². The molecular weight excluding hydrogens is 406 g/mol. The summed E-state index contributed by atoms with van der Waals surface area (Å²) in [5.74, 6) is -0.407. The molecule has 0 saturated carbocycles. The standard InChI is InChI=1S/C25H27N3O4/c1-25(8-10-26-11-9-25)22(29)14-17-3-2-4-18(13-17)16-28-12-7-19-5-6-20(23(30)27-32)15-21(19)24(28)31/h2-7,12-13,15,26,32H,8-11,14,16H2,1H3,(H,27,30). The highest BCUT2D eigenvalue weighted by molar-refractivity contribution is 5.97. The first-order chi connectivity index (χ1) is 15.4. The summed E-state index contributed by atoms with van der Waals surface area (Å²) in [5, 5.41) is 13.3. The van der Waals surface area contributed by atoms with Gasteiger partial charge in [0.1, 0.15) is 5.78 Å². The Morgan fingerprint density at radius 3 is 2.59 bits per heavy atom. The number of carbonyl (C=O) groups excluding carboxylic acids is 2. The molecule has 0 atom stereocenters. The van der Waals surface area contributed by atoms with Crippen LogP contribution in [-0.2, 0) is 17.8 Å². The number of amides is 1. The van der Waals surface area contributed by atoms with Gasteiger partial charge in [-0.2, -0.15) is 0 Å². The van der Waals surface area contributed by atoms with Gasteiger partial charge in [-0.15, -0.1) is 0 Å². The number of aromatic nitrogens is 1. The van der Waals surface area contributed by atoms with Crippen LogP contribution in [0.1, 0.15) is 41.3 Å². The van der Waals surface area contributed by atoms with Crippen molar-refractivity contribution >= 4 is 22.5 Å². The summed E-state index contributed by atoms with van der Waals surface area (Å²) in [7, 11) is 0. The van der Waals surface area contributed by atoms with Gasteiger partial charge in [-0.05, 0) is 60.6 Å². The SMILES string of the molecule is CC1(C(=O)Cc2cccc(Cn3ccc4ccc(C(=O)NO)cc4c3=O)c2)CCNCC1. The quantitative estimate of drug-likeness (QED) is 0.410. The Hall–Kier alpha value is -3.29. The molecule has 0 radical (unpaired) electrons. The van der Waals surface area contributed by atoms with E-state index >= 15 is 0 Å². The molecule has 0 unspecified atom stereocenters. The van der Waals surface area contributed by atoms with Crippen molar-refractivity contribution in [3.63, 3.8) is 0 Å². The van der Waals surface area contributed by atoms with Crippen molar-refractivity contribution < 1.29 is 14.8 Å². The monoisotopic (exact) mass is 433 g/mol. The van der Waals surface area contributed by atoms with Crippen LogP contribution in [0.3, 0.4) is 0 Å². The maximum atomic E-state index is 13.0. The van der Waals surface area contributed by atoms with E-state index in [1.807, 2.05) is 30.3 Å². The number of piperidine rings is 1. The van der Waals surface area contributed by atoms with Crippen LogP contribution >= 0.6 is 0 Å². The minimum atomic E-state index is -0.665. The number of hydroxylamine groups is 1. The summed E-state index contributed by atoms with van der Waals surface area (Å²) in [6.45, 7) is 4.15. The molecule has 3 N–H and O–H groups in total. The lowest BCUT2D eigenvalue weighted by Gasteiger charge is -2.32. The van der Waals surface area contributed by atoms with Gasteiger partial charge in [-0.3, -0.25) is 19.6 Å². The summed E-state index contributed by atoms with van der Waals surface area (Å²) >= 11 is 0. The minimum Gasteiger partial charge on any atom is -0.317 e. The highest BCUT2D eigenvalue weighted by atomic mass is 16.5. The Kier molecular flexibility index (Phi) is 6.21. The predicted molar refractivity (Wildman–Crippen MR) is 122 cm³/mol. The van der Waals surface area contributed by atoms with Gasteiger partial charge in [0.2, 0.25) is 0 Å². The number of fused-ring (bicyclic) bond motifs is 1. The third kappa shape index (κ3) is 4.49. The molecule has 1 saturated heterocycles. The number of hydrogen-bond acceptors (Lipinski definition) is 5. The van der Waals surface area contributed by atoms with Crippen molar-refractivity contribution in [1.82, 2.24) is 15.4 Å². The second kappa shape index (κ2) is 9.06. The Bertz CT molecular complexity index is 1230. The van der Waals surface area contributed by atoms with Crippen LogP contribution in [0.5, 0.6) is 0 Å². The van der Waals surface area contributed by atoms with Crippen LogP contribution in [0.15, 0.2) is 59.5 Å². The zero-order valence-electron chi connectivity index (χ0n) is 18.1. The van der Waals surface area contributed by atoms with Gasteiger partial charge in [-0.1, -0.05) is 37.3 Å². The Labute approximate surface area is 186 Å². The number of Topliss-reactive ketones (excluding diaryl/α,β-unsaturated/α-hetero) is 1. The van der Waals surface area contributed by atoms with E-state index in [1.165, 1.54) is 6.07 Å². The first kappa shape index (κ1) is 21.9. The van der Waals surface area contributed by atoms with E-state index < -0.39 is 5.91 Å². The van der Waals surface area contributed by atoms with Gasteiger partial charge in [-0.25, -0.2) is 5.48 Å². The van der Waals surface area contributed by atoms with Crippen LogP contribution in [-0.4, -0.2) is 34.6 Å². The number of rotatable bonds is 6. The molecular formula is C25H27N3O4. The fourth-order valence-electron chi connectivity index (χ4n) is 4.30. The average Bonchev–Trinajstić information content (AvgIpc) is 2.81. The number of hydrogen-bond donors (Lipinski definition) is 3. The molecule has 3 aromatic rings. The number of nitrogens with one attached hydrogen (secondary N) is 2. The van der Waals surface area contributed by atoms with E-state index in [4.69, 9.17) is 5.21 Å². The average molecular weight is 434 g/mol. The molecule has 1 aliphatic heterocycles. The van der Waals surface area contributed by atoms with E-state index in [9.17, 15) is 14.4 Å². The molecule has 1 fully saturated rings. The van der Waals surface area contributed by atoms with Crippen molar-refractivity contribution in [3.8, 4) is 0 Å². The lowest BCUT2D eigenvalue weighted by Crippen LogP contribution is -2.40. The molecule has 1 amide bonds. The molecule has 2 aromatic carbocycles. The molecule has 0 aliphatic carbocycles. The Balaban J connectivity index is 1.56. The Morgan fingerprint density at radius 2 is 1.84 bits per heavy atom. The summed E-state index contributed by atoms with van der Waals surface area (Å²) < 4.78 is 1.58. The van der Waals surface area contributed by atoms with Gasteiger partial charge in [0, 0.05) is 29.0 Å². The van der Waals surface area contributed by atoms with Crippen LogP contribution in [0.2, 0.25) is 0 Å². The van der Waals surface area contributed by atoms with Crippen LogP contribution in [0.25, 0.3) is 10.8 Å². The van der Waals surface area contributed by atoms with Crippen molar-refractivity contribution in [1.29, 1.82) is 0 Å². The van der Waals surface area contributed by atoms with Crippen molar-refractivity contribution in [3.05, 3.63) is 81.8 Å². The molecule has 4 rings (SSSR count). The highest BCUT2D eigenvalue weighted by Crippen LogP contribution is 2.30. The zero-order valence-corrected chi connectivity index (χ0v) is 18.1. The first-order valence-electron chi connectivity index (χ1n) is 10.8. The van der Waals surface area contributed by atoms with E-state index in [1.54, 1.807) is 28.4 Å². The third-order valence-electron chi connectivity index (χ3n) is 6.43. The number of carbonyl (C=O) groups is 2. The molecule has 166 valence electrons. The van der Waals surface area contributed by atoms with E-state index in [0.29, 0.717) is 18.4 Å². The fourth-order valence-corrected chi connectivity index (χ4v) is 4.30. The van der Waals surface area contributed by atoms with E-state index in [0.717, 1.165) is 42.4 Å². The van der Waals surface area contributed by atoms with Gasteiger partial charge in [0.05, 0.1) is 6.54 Å². The molecule has 7 nitrogen and oxygen atoms in total. The molecule has 0 bridgehead atoms. The highest BCUT2D eigenvalue weighted by Gasteiger charge is 2.33. The van der Waals surface area contributed by atoms with E-state index in [-0.39, 0.29) is 22.3 Å². The smallest absolute Gasteiger partial charge is 0.274 e. The molecule has 1 aromatic heterocycles. The maximum absolute atomic E-state index is 13.0. The summed E-state index contributed by atoms with van der Waals surface area (Å²) in [4.78, 5) is 37.7. The summed E-state index contributed by atoms with van der Waals surface area (Å²) in [6, 6.07) is 14.3. The zero-order chi connectivity index (χ0) is 22.7. The number of nitrogens with zero attached hydrogens (tertiary/aromatic N) is 1. The van der Waals surface area contributed by atoms with Gasteiger partial charge in [0.15, 0.2) is 0 Å². The lowest BCUT2D eigenvalue weighted by molar-refractivity contribution is -0.128. The molecule has 2 heterocycles. The number of ketones is 1. The van der Waals surface area contributed by atoms with Crippen molar-refractivity contribution in [2.75, 3.05) is 13.1 Å². The minimum absolute atomic E-state index is 0.210. The molecule has 32 heavy (non-hydrogen) atoms. The van der Waals surface area contributed by atoms with Gasteiger partial charge >= 0.3 is 0 Å². The number of benzene rings is 2. The van der Waals surface area contributed by atoms with Crippen molar-refractivity contribution in [2.24, 2.45) is 5.41 Å². The molecule has 1 aliphatic rings. The van der Waals surface area contributed by atoms with Gasteiger partial charge < -0.3 is 9.88 Å². The summed E-state index contributed by atoms with van der Waals surface area (Å²) in [5.41, 5.74) is 3.17. The second-order valence-corrected chi connectivity index (χ2v) is 8.72. The first-order valence-corrected chi connectivity index (χ1v) is 10.8. The number of pyridine rings is 1. The lowest BCUT2D eigenvalue weighted by atomic mass is 9.75. The van der Waals surface area contributed by atoms with Crippen molar-refractivity contribution in [2.45, 2.75) is 32.7 Å². The topological polar surface area (TPSA) is 100 Å². The normalized spacial score (nSPS) is 15.4. The summed E-state index contributed by atoms with van der Waals surface area (Å²) in [6.07, 6.45) is 3.82. The molecule has 0 spiro atoms. The fraction of sp³-hybridized carbons (Fsp3) is 0.320. The largest absolute Gasteiger partial charge is 0.317 e. The van der Waals surface area contributed by atoms with E-state index in [2.05, 4.69) is 12.2 Å². The predicted octanol–water partition coefficient (Wildman–Crippen LogP) is 2.67. The second-order valence-electron chi connectivity index (χ2n) is 8.72. The molecule has 7 heteroatoms. The Morgan fingerprint density at radius 1 is 1.09 bits per heavy atom. The van der Waals surface area contributed by atoms with Crippen LogP contribution < -0.4 is 16.4 Å². The maximum Gasteiger partial charge on any atom is 0.274 e. The van der Waals surface area contributed by atoms with Crippen LogP contribution in [0, 0.1) is 5.41 Å². The third-order valence-corrected chi connectivity index (χ3v) is 6.43.